The van der Waals surface area contributed by atoms with Crippen LogP contribution in [0.3, 0.4) is 0 Å². The van der Waals surface area contributed by atoms with E-state index in [9.17, 15) is 68.2 Å². The van der Waals surface area contributed by atoms with Gasteiger partial charge in [-0.1, -0.05) is 18.2 Å². The minimum Gasteiger partial charge on any atom is -0.478 e. The average Bonchev–Trinajstić information content (AvgIpc) is 2.94. The summed E-state index contributed by atoms with van der Waals surface area (Å²) in [6, 6.07) is -0.214. The van der Waals surface area contributed by atoms with E-state index in [4.69, 9.17) is 0 Å². The lowest BCUT2D eigenvalue weighted by Crippen LogP contribution is -2.66. The predicted octanol–water partition coefficient (Wildman–Crippen LogP) is 6.27. The third-order valence-electron chi connectivity index (χ3n) is 7.04. The monoisotopic (exact) mass is 652 g/mol. The normalized spacial score (nSPS) is 14.2. The number of amides is 3. The summed E-state index contributed by atoms with van der Waals surface area (Å²) in [4.78, 5) is 50.0. The number of hydrogen-bond donors (Lipinski definition) is 2. The van der Waals surface area contributed by atoms with Crippen LogP contribution in [0.4, 0.5) is 43.9 Å². The summed E-state index contributed by atoms with van der Waals surface area (Å²) in [6.45, 7) is -2.60. The molecule has 0 saturated heterocycles. The molecule has 0 radical (unpaired) electrons. The molecular weight excluding hydrogens is 634 g/mol. The Morgan fingerprint density at radius 2 is 1.51 bits per heavy atom. The molecule has 0 saturated carbocycles. The van der Waals surface area contributed by atoms with Crippen LogP contribution in [0.15, 0.2) is 42.5 Å². The molecule has 17 heteroatoms. The van der Waals surface area contributed by atoms with Crippen LogP contribution < -0.4 is 5.32 Å². The molecule has 2 N–H and O–H groups in total. The number of carboxylic acid groups (broad SMARTS) is 1. The van der Waals surface area contributed by atoms with Crippen molar-refractivity contribution in [1.29, 1.82) is 0 Å². The van der Waals surface area contributed by atoms with Gasteiger partial charge in [-0.2, -0.15) is 39.5 Å². The molecule has 1 heterocycles. The van der Waals surface area contributed by atoms with Crippen molar-refractivity contribution >= 4 is 34.5 Å². The molecule has 1 aliphatic rings. The predicted molar refractivity (Wildman–Crippen MR) is 134 cm³/mol. The first kappa shape index (κ1) is 33.2. The highest BCUT2D eigenvalue weighted by Gasteiger charge is 2.76. The molecule has 0 bridgehead atoms. The number of rotatable bonds is 9. The lowest BCUT2D eigenvalue weighted by Gasteiger charge is -2.39. The second-order valence-corrected chi connectivity index (χ2v) is 9.94. The first-order chi connectivity index (χ1) is 20.7. The Morgan fingerprint density at radius 3 is 2.09 bits per heavy atom. The Hall–Kier alpha value is -4.70. The Bertz CT molecular complexity index is 1750. The molecule has 240 valence electrons. The number of aromatic carboxylic acids is 1. The number of alkyl halides is 10. The maximum Gasteiger partial charge on any atom is 0.416 e. The second-order valence-electron chi connectivity index (χ2n) is 9.94. The van der Waals surface area contributed by atoms with Crippen molar-refractivity contribution in [3.05, 3.63) is 81.4 Å². The molecule has 0 unspecified atom stereocenters. The molecule has 4 rings (SSSR count). The Labute approximate surface area is 245 Å². The van der Waals surface area contributed by atoms with Crippen molar-refractivity contribution in [2.24, 2.45) is 0 Å². The smallest absolute Gasteiger partial charge is 0.416 e. The molecular formula is C28H18F10N2O5. The summed E-state index contributed by atoms with van der Waals surface area (Å²) in [5, 5.41) is 10.7. The molecule has 3 aromatic carbocycles. The SMILES string of the molecule is Cc1cc(C(=O)NCCc2cccc(C(F)(F)F)c2)c2c(C(=O)O)ccc3c2c1C(=O)N(C(F)(F)C(F)(F)C(F)(F)CF)C3=O. The first-order valence-electron chi connectivity index (χ1n) is 12.5. The summed E-state index contributed by atoms with van der Waals surface area (Å²) >= 11 is 0. The van der Waals surface area contributed by atoms with Gasteiger partial charge in [0.15, 0.2) is 6.67 Å². The molecule has 0 aromatic heterocycles. The van der Waals surface area contributed by atoms with Crippen molar-refractivity contribution < 1.29 is 68.2 Å². The van der Waals surface area contributed by atoms with E-state index in [1.807, 2.05) is 0 Å². The summed E-state index contributed by atoms with van der Waals surface area (Å²) in [5.74, 6) is -20.0. The van der Waals surface area contributed by atoms with Gasteiger partial charge in [0.2, 0.25) is 0 Å². The van der Waals surface area contributed by atoms with Crippen LogP contribution in [-0.2, 0) is 12.6 Å². The van der Waals surface area contributed by atoms with Gasteiger partial charge in [0, 0.05) is 28.4 Å². The number of benzene rings is 3. The third-order valence-corrected chi connectivity index (χ3v) is 7.04. The highest BCUT2D eigenvalue weighted by molar-refractivity contribution is 6.30. The lowest BCUT2D eigenvalue weighted by atomic mass is 9.85. The standard InChI is InChI=1S/C28H18F10N2O5/c1-12-9-17(21(41)39-8-7-13-3-2-4-14(10-13)26(32,33)34)19-16(24(44)45)6-5-15-20(19)18(12)23(43)40(22(15)42)28(37,38)27(35,36)25(30,31)11-29/h2-6,9-10H,7-8,11H2,1H3,(H,39,41)(H,44,45). The van der Waals surface area contributed by atoms with Gasteiger partial charge in [-0.25, -0.2) is 14.1 Å². The largest absolute Gasteiger partial charge is 0.478 e. The zero-order valence-corrected chi connectivity index (χ0v) is 22.5. The fourth-order valence-corrected chi connectivity index (χ4v) is 4.85. The number of halogens is 10. The van der Waals surface area contributed by atoms with Crippen LogP contribution >= 0.6 is 0 Å². The van der Waals surface area contributed by atoms with Crippen LogP contribution in [0.1, 0.15) is 58.1 Å². The van der Waals surface area contributed by atoms with Gasteiger partial charge >= 0.3 is 30.0 Å². The van der Waals surface area contributed by atoms with E-state index in [2.05, 4.69) is 5.32 Å². The second kappa shape index (κ2) is 11.0. The van der Waals surface area contributed by atoms with E-state index in [-0.39, 0.29) is 18.5 Å². The average molecular weight is 652 g/mol. The zero-order chi connectivity index (χ0) is 33.9. The molecule has 3 aromatic rings. The summed E-state index contributed by atoms with van der Waals surface area (Å²) in [7, 11) is 0. The van der Waals surface area contributed by atoms with Crippen molar-refractivity contribution in [3.63, 3.8) is 0 Å². The number of nitrogens with one attached hydrogen (secondary N) is 1. The highest BCUT2D eigenvalue weighted by Crippen LogP contribution is 2.50. The quantitative estimate of drug-likeness (QED) is 0.161. The minimum absolute atomic E-state index is 0.150. The van der Waals surface area contributed by atoms with Gasteiger partial charge < -0.3 is 10.4 Å². The maximum atomic E-state index is 14.9. The van der Waals surface area contributed by atoms with Gasteiger partial charge in [-0.15, -0.1) is 0 Å². The first-order valence-corrected chi connectivity index (χ1v) is 12.5. The zero-order valence-electron chi connectivity index (χ0n) is 22.5. The number of hydrogen-bond acceptors (Lipinski definition) is 4. The van der Waals surface area contributed by atoms with Gasteiger partial charge in [0.25, 0.3) is 17.7 Å². The van der Waals surface area contributed by atoms with Crippen molar-refractivity contribution in [1.82, 2.24) is 10.2 Å². The molecule has 0 spiro atoms. The number of carboxylic acids is 1. The van der Waals surface area contributed by atoms with Crippen molar-refractivity contribution in [2.45, 2.75) is 37.4 Å². The van der Waals surface area contributed by atoms with Crippen LogP contribution in [-0.4, -0.2) is 64.8 Å². The van der Waals surface area contributed by atoms with Gasteiger partial charge in [-0.3, -0.25) is 14.4 Å². The van der Waals surface area contributed by atoms with Gasteiger partial charge in [-0.05, 0) is 48.7 Å². The number of imide groups is 1. The molecule has 7 nitrogen and oxygen atoms in total. The minimum atomic E-state index is -6.59. The fraction of sp³-hybridized carbons (Fsp3) is 0.286. The molecule has 0 atom stereocenters. The van der Waals surface area contributed by atoms with E-state index in [0.29, 0.717) is 12.1 Å². The number of aryl methyl sites for hydroxylation is 1. The summed E-state index contributed by atoms with van der Waals surface area (Å²) in [5.41, 5.74) is -4.60. The van der Waals surface area contributed by atoms with Crippen LogP contribution in [0.5, 0.6) is 0 Å². The van der Waals surface area contributed by atoms with E-state index in [1.54, 1.807) is 0 Å². The highest BCUT2D eigenvalue weighted by atomic mass is 19.4. The Kier molecular flexibility index (Phi) is 8.14. The summed E-state index contributed by atoms with van der Waals surface area (Å²) < 4.78 is 137. The maximum absolute atomic E-state index is 14.9. The number of nitrogens with zero attached hydrogens (tertiary/aromatic N) is 1. The van der Waals surface area contributed by atoms with E-state index < -0.39 is 103 Å². The van der Waals surface area contributed by atoms with E-state index >= 15 is 0 Å². The molecule has 1 aliphatic heterocycles. The van der Waals surface area contributed by atoms with Gasteiger partial charge in [0.05, 0.1) is 16.7 Å². The Balaban J connectivity index is 1.80. The third kappa shape index (κ3) is 5.33. The van der Waals surface area contributed by atoms with Crippen LogP contribution in [0.25, 0.3) is 10.8 Å². The molecule has 45 heavy (non-hydrogen) atoms. The fourth-order valence-electron chi connectivity index (χ4n) is 4.85. The molecule has 0 aliphatic carbocycles. The van der Waals surface area contributed by atoms with E-state index in [1.165, 1.54) is 6.07 Å². The number of carbonyl (C=O) groups excluding carboxylic acids is 3. The van der Waals surface area contributed by atoms with Crippen LogP contribution in [0, 0.1) is 6.92 Å². The van der Waals surface area contributed by atoms with Gasteiger partial charge in [0.1, 0.15) is 0 Å². The van der Waals surface area contributed by atoms with Crippen LogP contribution in [0.2, 0.25) is 0 Å². The lowest BCUT2D eigenvalue weighted by molar-refractivity contribution is -0.339. The topological polar surface area (TPSA) is 104 Å². The van der Waals surface area contributed by atoms with Crippen molar-refractivity contribution in [2.75, 3.05) is 13.2 Å². The number of carbonyl (C=O) groups is 4. The van der Waals surface area contributed by atoms with E-state index in [0.717, 1.165) is 31.2 Å². The van der Waals surface area contributed by atoms with Crippen molar-refractivity contribution in [3.8, 4) is 0 Å². The summed E-state index contributed by atoms with van der Waals surface area (Å²) in [6.07, 6.45) is -4.80. The Morgan fingerprint density at radius 1 is 0.867 bits per heavy atom. The molecule has 0 fully saturated rings. The molecule has 3 amide bonds.